The van der Waals surface area contributed by atoms with Crippen LogP contribution in [-0.2, 0) is 14.6 Å². The van der Waals surface area contributed by atoms with Crippen LogP contribution in [-0.4, -0.2) is 34.4 Å². The van der Waals surface area contributed by atoms with E-state index in [1.165, 1.54) is 12.1 Å². The van der Waals surface area contributed by atoms with Gasteiger partial charge in [0.25, 0.3) is 0 Å². The fourth-order valence-electron chi connectivity index (χ4n) is 1.93. The Bertz CT molecular complexity index is 522. The van der Waals surface area contributed by atoms with Crippen LogP contribution in [0.25, 0.3) is 0 Å². The Balaban J connectivity index is 2.29. The lowest BCUT2D eigenvalue weighted by Gasteiger charge is -2.16. The standard InChI is InChI=1S/C12H16FNO3S/c1-18(15,16)9-3-4-10(11(13)7-9)12-8-17-6-2-5-14-12/h3-4,7,12,14H,2,5-6,8H2,1H3/t12-/m1/s1. The van der Waals surface area contributed by atoms with Gasteiger partial charge in [0.15, 0.2) is 9.84 Å². The maximum atomic E-state index is 13.9. The molecule has 1 aromatic rings. The van der Waals surface area contributed by atoms with Crippen molar-refractivity contribution in [1.29, 1.82) is 0 Å². The SMILES string of the molecule is CS(=O)(=O)c1ccc([C@H]2COCCCN2)c(F)c1. The molecule has 1 N–H and O–H groups in total. The smallest absolute Gasteiger partial charge is 0.175 e. The summed E-state index contributed by atoms with van der Waals surface area (Å²) >= 11 is 0. The van der Waals surface area contributed by atoms with Crippen LogP contribution in [0.5, 0.6) is 0 Å². The first kappa shape index (κ1) is 13.5. The van der Waals surface area contributed by atoms with Crippen molar-refractivity contribution in [2.75, 3.05) is 26.0 Å². The first-order chi connectivity index (χ1) is 8.48. The van der Waals surface area contributed by atoms with E-state index in [0.717, 1.165) is 25.3 Å². The number of halogens is 1. The molecule has 1 saturated heterocycles. The number of nitrogens with one attached hydrogen (secondary N) is 1. The van der Waals surface area contributed by atoms with Crippen molar-refractivity contribution < 1.29 is 17.5 Å². The van der Waals surface area contributed by atoms with Crippen LogP contribution in [0.4, 0.5) is 4.39 Å². The molecule has 1 aromatic carbocycles. The van der Waals surface area contributed by atoms with E-state index in [2.05, 4.69) is 5.32 Å². The summed E-state index contributed by atoms with van der Waals surface area (Å²) in [6, 6.07) is 3.79. The predicted molar refractivity (Wildman–Crippen MR) is 65.7 cm³/mol. The maximum absolute atomic E-state index is 13.9. The molecule has 100 valence electrons. The highest BCUT2D eigenvalue weighted by Gasteiger charge is 2.19. The lowest BCUT2D eigenvalue weighted by molar-refractivity contribution is 0.130. The number of hydrogen-bond donors (Lipinski definition) is 1. The first-order valence-corrected chi connectivity index (χ1v) is 7.68. The third kappa shape index (κ3) is 3.07. The molecular weight excluding hydrogens is 257 g/mol. The second-order valence-corrected chi connectivity index (χ2v) is 6.41. The molecule has 1 atom stereocenters. The number of rotatable bonds is 2. The molecule has 2 rings (SSSR count). The second kappa shape index (κ2) is 5.34. The number of hydrogen-bond acceptors (Lipinski definition) is 4. The lowest BCUT2D eigenvalue weighted by Crippen LogP contribution is -2.24. The summed E-state index contributed by atoms with van der Waals surface area (Å²) in [5, 5.41) is 3.18. The second-order valence-electron chi connectivity index (χ2n) is 4.39. The van der Waals surface area contributed by atoms with Crippen LogP contribution in [0.15, 0.2) is 23.1 Å². The van der Waals surface area contributed by atoms with Gasteiger partial charge >= 0.3 is 0 Å². The quantitative estimate of drug-likeness (QED) is 0.882. The minimum atomic E-state index is -3.37. The van der Waals surface area contributed by atoms with Crippen molar-refractivity contribution in [2.45, 2.75) is 17.4 Å². The molecule has 0 aromatic heterocycles. The molecule has 6 heteroatoms. The van der Waals surface area contributed by atoms with Gasteiger partial charge in [-0.1, -0.05) is 6.07 Å². The molecule has 0 bridgehead atoms. The van der Waals surface area contributed by atoms with Crippen molar-refractivity contribution in [1.82, 2.24) is 5.32 Å². The molecule has 0 radical (unpaired) electrons. The molecule has 1 aliphatic heterocycles. The third-order valence-corrected chi connectivity index (χ3v) is 4.03. The van der Waals surface area contributed by atoms with E-state index in [0.29, 0.717) is 18.8 Å². The van der Waals surface area contributed by atoms with Gasteiger partial charge < -0.3 is 10.1 Å². The zero-order valence-electron chi connectivity index (χ0n) is 10.1. The predicted octanol–water partition coefficient (Wildman–Crippen LogP) is 1.28. The molecule has 1 aliphatic rings. The summed E-state index contributed by atoms with van der Waals surface area (Å²) in [5.74, 6) is -0.513. The fourth-order valence-corrected chi connectivity index (χ4v) is 2.56. The Labute approximate surface area is 106 Å². The molecule has 0 amide bonds. The van der Waals surface area contributed by atoms with Gasteiger partial charge in [0.2, 0.25) is 0 Å². The molecular formula is C12H16FNO3S. The highest BCUT2D eigenvalue weighted by atomic mass is 32.2. The van der Waals surface area contributed by atoms with Gasteiger partial charge in [-0.2, -0.15) is 0 Å². The van der Waals surface area contributed by atoms with E-state index < -0.39 is 15.7 Å². The van der Waals surface area contributed by atoms with Crippen molar-refractivity contribution in [3.63, 3.8) is 0 Å². The highest BCUT2D eigenvalue weighted by Crippen LogP contribution is 2.22. The van der Waals surface area contributed by atoms with Crippen LogP contribution in [0, 0.1) is 5.82 Å². The normalized spacial score (nSPS) is 21.6. The van der Waals surface area contributed by atoms with Gasteiger partial charge in [0.05, 0.1) is 17.5 Å². The molecule has 0 saturated carbocycles. The van der Waals surface area contributed by atoms with Crippen molar-refractivity contribution in [3.05, 3.63) is 29.6 Å². The van der Waals surface area contributed by atoms with Gasteiger partial charge in [-0.05, 0) is 25.1 Å². The monoisotopic (exact) mass is 273 g/mol. The molecule has 4 nitrogen and oxygen atoms in total. The van der Waals surface area contributed by atoms with Crippen molar-refractivity contribution in [2.24, 2.45) is 0 Å². The topological polar surface area (TPSA) is 55.4 Å². The van der Waals surface area contributed by atoms with Gasteiger partial charge in [0.1, 0.15) is 5.82 Å². The number of benzene rings is 1. The summed E-state index contributed by atoms with van der Waals surface area (Å²) < 4.78 is 41.9. The summed E-state index contributed by atoms with van der Waals surface area (Å²) in [5.41, 5.74) is 0.448. The average Bonchev–Trinajstić information content (AvgIpc) is 2.56. The zero-order chi connectivity index (χ0) is 13.2. The Morgan fingerprint density at radius 3 is 2.89 bits per heavy atom. The molecule has 0 aliphatic carbocycles. The van der Waals surface area contributed by atoms with Gasteiger partial charge in [-0.25, -0.2) is 12.8 Å². The van der Waals surface area contributed by atoms with Crippen molar-refractivity contribution >= 4 is 9.84 Å². The van der Waals surface area contributed by atoms with Gasteiger partial charge in [-0.15, -0.1) is 0 Å². The van der Waals surface area contributed by atoms with E-state index in [4.69, 9.17) is 4.74 Å². The van der Waals surface area contributed by atoms with Crippen LogP contribution < -0.4 is 5.32 Å². The average molecular weight is 273 g/mol. The van der Waals surface area contributed by atoms with E-state index in [9.17, 15) is 12.8 Å². The molecule has 18 heavy (non-hydrogen) atoms. The minimum absolute atomic E-state index is 0.00158. The van der Waals surface area contributed by atoms with Gasteiger partial charge in [-0.3, -0.25) is 0 Å². The summed E-state index contributed by atoms with van der Waals surface area (Å²) in [7, 11) is -3.37. The Morgan fingerprint density at radius 1 is 1.44 bits per heavy atom. The maximum Gasteiger partial charge on any atom is 0.175 e. The first-order valence-electron chi connectivity index (χ1n) is 5.79. The van der Waals surface area contributed by atoms with E-state index in [1.54, 1.807) is 0 Å². The molecule has 0 spiro atoms. The Hall–Kier alpha value is -0.980. The summed E-state index contributed by atoms with van der Waals surface area (Å²) in [6.07, 6.45) is 1.95. The summed E-state index contributed by atoms with van der Waals surface area (Å²) in [4.78, 5) is -0.00158. The minimum Gasteiger partial charge on any atom is -0.379 e. The fraction of sp³-hybridized carbons (Fsp3) is 0.500. The number of ether oxygens (including phenoxy) is 1. The van der Waals surface area contributed by atoms with Crippen LogP contribution in [0.1, 0.15) is 18.0 Å². The lowest BCUT2D eigenvalue weighted by atomic mass is 10.1. The van der Waals surface area contributed by atoms with Crippen LogP contribution >= 0.6 is 0 Å². The third-order valence-electron chi connectivity index (χ3n) is 2.92. The molecule has 0 unspecified atom stereocenters. The van der Waals surface area contributed by atoms with Crippen LogP contribution in [0.2, 0.25) is 0 Å². The molecule has 1 heterocycles. The highest BCUT2D eigenvalue weighted by molar-refractivity contribution is 7.90. The van der Waals surface area contributed by atoms with E-state index in [1.807, 2.05) is 0 Å². The Morgan fingerprint density at radius 2 is 2.22 bits per heavy atom. The van der Waals surface area contributed by atoms with Crippen molar-refractivity contribution in [3.8, 4) is 0 Å². The van der Waals surface area contributed by atoms with E-state index >= 15 is 0 Å². The number of sulfone groups is 1. The summed E-state index contributed by atoms with van der Waals surface area (Å²) in [6.45, 7) is 1.82. The van der Waals surface area contributed by atoms with Gasteiger partial charge in [0, 0.05) is 18.4 Å². The Kier molecular flexibility index (Phi) is 3.99. The molecule has 1 fully saturated rings. The van der Waals surface area contributed by atoms with Crippen LogP contribution in [0.3, 0.4) is 0 Å². The zero-order valence-corrected chi connectivity index (χ0v) is 11.0. The van der Waals surface area contributed by atoms with E-state index in [-0.39, 0.29) is 10.9 Å². The largest absolute Gasteiger partial charge is 0.379 e.